The second kappa shape index (κ2) is 5.73. The van der Waals surface area contributed by atoms with E-state index < -0.39 is 0 Å². The summed E-state index contributed by atoms with van der Waals surface area (Å²) in [4.78, 5) is 12.2. The average Bonchev–Trinajstić information content (AvgIpc) is 2.97. The van der Waals surface area contributed by atoms with Crippen molar-refractivity contribution in [1.29, 1.82) is 5.26 Å². The molecule has 0 spiro atoms. The third kappa shape index (κ3) is 3.33. The fourth-order valence-corrected chi connectivity index (χ4v) is 2.72. The molecule has 3 nitrogen and oxygen atoms in total. The lowest BCUT2D eigenvalue weighted by molar-refractivity contribution is -0.147. The van der Waals surface area contributed by atoms with Crippen LogP contribution in [0.5, 0.6) is 0 Å². The van der Waals surface area contributed by atoms with E-state index in [1.54, 1.807) is 12.1 Å². The third-order valence-electron chi connectivity index (χ3n) is 4.14. The normalized spacial score (nSPS) is 22.0. The quantitative estimate of drug-likeness (QED) is 0.623. The molecule has 3 heteroatoms. The number of benzene rings is 1. The minimum absolute atomic E-state index is 0.0149. The van der Waals surface area contributed by atoms with E-state index in [2.05, 4.69) is 26.0 Å². The standard InChI is InChI=1S/C18H21NO2/c1-12(2)9-15-16(18(15,3)4)17(20)21-11-14-7-5-13(10-19)6-8-14/h5-9,15-16H,11H2,1-4H3/t15-,16+/m1/s1. The second-order valence-corrected chi connectivity index (χ2v) is 6.49. The van der Waals surface area contributed by atoms with Crippen LogP contribution in [0.1, 0.15) is 38.8 Å². The lowest BCUT2D eigenvalue weighted by Gasteiger charge is -2.06. The third-order valence-corrected chi connectivity index (χ3v) is 4.14. The van der Waals surface area contributed by atoms with Gasteiger partial charge in [0.05, 0.1) is 17.6 Å². The zero-order valence-corrected chi connectivity index (χ0v) is 13.0. The number of hydrogen-bond acceptors (Lipinski definition) is 3. The highest BCUT2D eigenvalue weighted by molar-refractivity contribution is 5.78. The molecule has 1 fully saturated rings. The van der Waals surface area contributed by atoms with E-state index in [1.165, 1.54) is 5.57 Å². The van der Waals surface area contributed by atoms with Crippen LogP contribution in [-0.4, -0.2) is 5.97 Å². The Labute approximate surface area is 126 Å². The Bertz CT molecular complexity index is 601. The predicted octanol–water partition coefficient (Wildman–Crippen LogP) is 3.84. The molecule has 1 saturated carbocycles. The largest absolute Gasteiger partial charge is 0.461 e. The van der Waals surface area contributed by atoms with Crippen LogP contribution >= 0.6 is 0 Å². The van der Waals surface area contributed by atoms with E-state index in [0.717, 1.165) is 5.56 Å². The van der Waals surface area contributed by atoms with Crippen LogP contribution in [0.3, 0.4) is 0 Å². The molecule has 110 valence electrons. The number of hydrogen-bond donors (Lipinski definition) is 0. The lowest BCUT2D eigenvalue weighted by atomic mass is 10.1. The van der Waals surface area contributed by atoms with Gasteiger partial charge in [0.15, 0.2) is 0 Å². The predicted molar refractivity (Wildman–Crippen MR) is 81.1 cm³/mol. The van der Waals surface area contributed by atoms with E-state index in [4.69, 9.17) is 10.00 Å². The van der Waals surface area contributed by atoms with Gasteiger partial charge in [-0.3, -0.25) is 4.79 Å². The average molecular weight is 283 g/mol. The molecule has 0 aliphatic heterocycles. The van der Waals surface area contributed by atoms with Gasteiger partial charge in [0.25, 0.3) is 0 Å². The minimum atomic E-state index is -0.133. The van der Waals surface area contributed by atoms with Crippen molar-refractivity contribution in [2.45, 2.75) is 34.3 Å². The van der Waals surface area contributed by atoms with Crippen LogP contribution < -0.4 is 0 Å². The number of nitrogens with zero attached hydrogens (tertiary/aromatic N) is 1. The molecule has 0 unspecified atom stereocenters. The van der Waals surface area contributed by atoms with Crippen molar-refractivity contribution in [3.63, 3.8) is 0 Å². The Morgan fingerprint density at radius 1 is 1.33 bits per heavy atom. The molecule has 2 rings (SSSR count). The molecule has 1 aromatic rings. The summed E-state index contributed by atoms with van der Waals surface area (Å²) < 4.78 is 5.42. The summed E-state index contributed by atoms with van der Waals surface area (Å²) in [5, 5.41) is 8.75. The maximum Gasteiger partial charge on any atom is 0.310 e. The van der Waals surface area contributed by atoms with Crippen molar-refractivity contribution in [2.24, 2.45) is 17.3 Å². The van der Waals surface area contributed by atoms with Gasteiger partial charge in [-0.15, -0.1) is 0 Å². The molecule has 2 atom stereocenters. The van der Waals surface area contributed by atoms with Crippen molar-refractivity contribution in [1.82, 2.24) is 0 Å². The van der Waals surface area contributed by atoms with E-state index >= 15 is 0 Å². The monoisotopic (exact) mass is 283 g/mol. The Hall–Kier alpha value is -2.08. The smallest absolute Gasteiger partial charge is 0.310 e. The van der Waals surface area contributed by atoms with Gasteiger partial charge in [0.1, 0.15) is 6.61 Å². The first-order valence-electron chi connectivity index (χ1n) is 7.17. The molecule has 21 heavy (non-hydrogen) atoms. The Morgan fingerprint density at radius 3 is 2.48 bits per heavy atom. The fourth-order valence-electron chi connectivity index (χ4n) is 2.72. The van der Waals surface area contributed by atoms with E-state index in [1.807, 2.05) is 26.0 Å². The summed E-state index contributed by atoms with van der Waals surface area (Å²) in [6.45, 7) is 8.56. The molecule has 0 saturated heterocycles. The summed E-state index contributed by atoms with van der Waals surface area (Å²) in [7, 11) is 0. The van der Waals surface area contributed by atoms with Crippen LogP contribution in [0.25, 0.3) is 0 Å². The number of rotatable bonds is 4. The van der Waals surface area contributed by atoms with Crippen molar-refractivity contribution in [3.05, 3.63) is 47.0 Å². The van der Waals surface area contributed by atoms with Crippen molar-refractivity contribution in [3.8, 4) is 6.07 Å². The van der Waals surface area contributed by atoms with E-state index in [9.17, 15) is 4.79 Å². The van der Waals surface area contributed by atoms with Crippen LogP contribution in [0.15, 0.2) is 35.9 Å². The molecule has 0 amide bonds. The Morgan fingerprint density at radius 2 is 1.95 bits per heavy atom. The zero-order valence-electron chi connectivity index (χ0n) is 13.0. The van der Waals surface area contributed by atoms with Crippen LogP contribution in [0, 0.1) is 28.6 Å². The van der Waals surface area contributed by atoms with Gasteiger partial charge in [-0.1, -0.05) is 37.6 Å². The minimum Gasteiger partial charge on any atom is -0.461 e. The van der Waals surface area contributed by atoms with Gasteiger partial charge in [-0.25, -0.2) is 0 Å². The van der Waals surface area contributed by atoms with Gasteiger partial charge in [0.2, 0.25) is 0 Å². The number of esters is 1. The molecular weight excluding hydrogens is 262 g/mol. The molecular formula is C18H21NO2. The van der Waals surface area contributed by atoms with Gasteiger partial charge >= 0.3 is 5.97 Å². The van der Waals surface area contributed by atoms with Gasteiger partial charge < -0.3 is 4.74 Å². The van der Waals surface area contributed by atoms with Crippen LogP contribution in [0.2, 0.25) is 0 Å². The Kier molecular flexibility index (Phi) is 4.18. The molecule has 1 aliphatic rings. The number of carbonyl (C=O) groups is 1. The highest BCUT2D eigenvalue weighted by Gasteiger charge is 2.61. The fraction of sp³-hybridized carbons (Fsp3) is 0.444. The van der Waals surface area contributed by atoms with Gasteiger partial charge in [0, 0.05) is 0 Å². The highest BCUT2D eigenvalue weighted by Crippen LogP contribution is 2.59. The molecule has 0 bridgehead atoms. The highest BCUT2D eigenvalue weighted by atomic mass is 16.5. The summed E-state index contributed by atoms with van der Waals surface area (Å²) in [5.74, 6) is 0.0913. The Balaban J connectivity index is 1.93. The molecule has 0 N–H and O–H groups in total. The topological polar surface area (TPSA) is 50.1 Å². The first-order valence-corrected chi connectivity index (χ1v) is 7.17. The summed E-state index contributed by atoms with van der Waals surface area (Å²) in [5.41, 5.74) is 2.73. The number of carbonyl (C=O) groups excluding carboxylic acids is 1. The maximum absolute atomic E-state index is 12.2. The number of nitriles is 1. The maximum atomic E-state index is 12.2. The summed E-state index contributed by atoms with van der Waals surface area (Å²) in [6, 6.07) is 9.17. The molecule has 1 aliphatic carbocycles. The second-order valence-electron chi connectivity index (χ2n) is 6.49. The SMILES string of the molecule is CC(C)=C[C@@H]1[C@@H](C(=O)OCc2ccc(C#N)cc2)C1(C)C. The van der Waals surface area contributed by atoms with E-state index in [-0.39, 0.29) is 29.8 Å². The first-order chi connectivity index (χ1) is 9.86. The molecule has 0 radical (unpaired) electrons. The lowest BCUT2D eigenvalue weighted by Crippen LogP contribution is -2.10. The molecule has 0 aromatic heterocycles. The van der Waals surface area contributed by atoms with Gasteiger partial charge in [-0.05, 0) is 42.9 Å². The molecule has 0 heterocycles. The van der Waals surface area contributed by atoms with E-state index in [0.29, 0.717) is 5.56 Å². The zero-order chi connectivity index (χ0) is 15.6. The first kappa shape index (κ1) is 15.3. The number of ether oxygens (including phenoxy) is 1. The summed E-state index contributed by atoms with van der Waals surface area (Å²) >= 11 is 0. The van der Waals surface area contributed by atoms with Crippen molar-refractivity contribution in [2.75, 3.05) is 0 Å². The van der Waals surface area contributed by atoms with Crippen LogP contribution in [0.4, 0.5) is 0 Å². The van der Waals surface area contributed by atoms with Crippen molar-refractivity contribution >= 4 is 5.97 Å². The number of allylic oxidation sites excluding steroid dienone is 2. The van der Waals surface area contributed by atoms with Crippen molar-refractivity contribution < 1.29 is 9.53 Å². The molecule has 1 aromatic carbocycles. The van der Waals surface area contributed by atoms with Crippen LogP contribution in [-0.2, 0) is 16.1 Å². The van der Waals surface area contributed by atoms with Gasteiger partial charge in [-0.2, -0.15) is 5.26 Å². The summed E-state index contributed by atoms with van der Waals surface area (Å²) in [6.07, 6.45) is 2.16.